The molecule has 1 aliphatic rings. The average Bonchev–Trinajstić information content (AvgIpc) is 3.19. The van der Waals surface area contributed by atoms with Crippen LogP contribution in [0, 0.1) is 6.92 Å². The lowest BCUT2D eigenvalue weighted by atomic mass is 9.83. The SMILES string of the molecule is Cc1ccc(N2c3cccc(c3)N(c3ccccc3)c3cc(c4ccc5cc(C(C)(C)C)cc6ccc3c4c65)N(c3ccccc3)c3cccc2c3)cc1. The van der Waals surface area contributed by atoms with Gasteiger partial charge in [-0.2, -0.15) is 0 Å². The Labute approximate surface area is 317 Å². The van der Waals surface area contributed by atoms with E-state index in [0.717, 1.165) is 51.2 Å². The second kappa shape index (κ2) is 12.2. The number of nitrogens with zero attached hydrogens (tertiary/aromatic N) is 3. The maximum atomic E-state index is 2.45. The van der Waals surface area contributed by atoms with Crippen LogP contribution in [0.15, 0.2) is 176 Å². The summed E-state index contributed by atoms with van der Waals surface area (Å²) in [4.78, 5) is 7.28. The van der Waals surface area contributed by atoms with E-state index in [2.05, 4.69) is 218 Å². The topological polar surface area (TPSA) is 9.72 Å². The van der Waals surface area contributed by atoms with E-state index in [4.69, 9.17) is 0 Å². The number of anilines is 9. The largest absolute Gasteiger partial charge is 0.310 e. The monoisotopic (exact) mass is 695 g/mol. The van der Waals surface area contributed by atoms with Crippen molar-refractivity contribution in [3.63, 3.8) is 0 Å². The molecule has 6 bridgehead atoms. The number of para-hydroxylation sites is 2. The van der Waals surface area contributed by atoms with Gasteiger partial charge in [-0.05, 0) is 113 Å². The molecular formula is C51H41N3. The van der Waals surface area contributed by atoms with Gasteiger partial charge in [0.05, 0.1) is 11.4 Å². The van der Waals surface area contributed by atoms with Gasteiger partial charge in [0.25, 0.3) is 0 Å². The van der Waals surface area contributed by atoms with Crippen molar-refractivity contribution >= 4 is 83.5 Å². The van der Waals surface area contributed by atoms with Crippen LogP contribution in [0.1, 0.15) is 31.9 Å². The minimum Gasteiger partial charge on any atom is -0.310 e. The molecule has 0 saturated carbocycles. The minimum atomic E-state index is 0.0330. The fraction of sp³-hybridized carbons (Fsp3) is 0.0980. The van der Waals surface area contributed by atoms with Crippen molar-refractivity contribution in [2.24, 2.45) is 0 Å². The van der Waals surface area contributed by atoms with Crippen LogP contribution in [0.3, 0.4) is 0 Å². The van der Waals surface area contributed by atoms with E-state index in [1.54, 1.807) is 0 Å². The number of aryl methyl sites for hydroxylation is 1. The molecule has 260 valence electrons. The third-order valence-electron chi connectivity index (χ3n) is 11.0. The summed E-state index contributed by atoms with van der Waals surface area (Å²) in [5.41, 5.74) is 12.6. The highest BCUT2D eigenvalue weighted by Gasteiger charge is 2.27. The normalized spacial score (nSPS) is 13.1. The molecule has 0 radical (unpaired) electrons. The van der Waals surface area contributed by atoms with E-state index >= 15 is 0 Å². The molecule has 0 saturated heterocycles. The van der Waals surface area contributed by atoms with Gasteiger partial charge in [-0.25, -0.2) is 0 Å². The number of hydrogen-bond donors (Lipinski definition) is 0. The highest BCUT2D eigenvalue weighted by Crippen LogP contribution is 2.52. The van der Waals surface area contributed by atoms with Crippen LogP contribution in [0.4, 0.5) is 51.2 Å². The molecule has 3 heteroatoms. The molecule has 0 spiro atoms. The van der Waals surface area contributed by atoms with Crippen molar-refractivity contribution in [3.8, 4) is 0 Å². The van der Waals surface area contributed by atoms with Crippen LogP contribution in [0.25, 0.3) is 32.3 Å². The zero-order valence-corrected chi connectivity index (χ0v) is 31.1. The van der Waals surface area contributed by atoms with Gasteiger partial charge in [0.1, 0.15) is 0 Å². The van der Waals surface area contributed by atoms with E-state index in [0.29, 0.717) is 0 Å². The summed E-state index contributed by atoms with van der Waals surface area (Å²) in [6, 6.07) is 65.1. The fourth-order valence-electron chi connectivity index (χ4n) is 8.37. The van der Waals surface area contributed by atoms with Crippen LogP contribution in [0.2, 0.25) is 0 Å². The number of rotatable bonds is 3. The lowest BCUT2D eigenvalue weighted by molar-refractivity contribution is 0.591. The molecule has 0 aromatic heterocycles. The summed E-state index contributed by atoms with van der Waals surface area (Å²) in [7, 11) is 0. The molecule has 0 aliphatic carbocycles. The van der Waals surface area contributed by atoms with Gasteiger partial charge in [0, 0.05) is 56.0 Å². The molecule has 0 unspecified atom stereocenters. The van der Waals surface area contributed by atoms with E-state index in [1.165, 1.54) is 43.4 Å². The van der Waals surface area contributed by atoms with Crippen LogP contribution < -0.4 is 14.7 Å². The smallest absolute Gasteiger partial charge is 0.0561 e. The van der Waals surface area contributed by atoms with Crippen molar-refractivity contribution in [1.29, 1.82) is 0 Å². The molecule has 0 fully saturated rings. The molecule has 1 heterocycles. The molecule has 0 atom stereocenters. The molecule has 9 aromatic rings. The average molecular weight is 696 g/mol. The van der Waals surface area contributed by atoms with E-state index in [9.17, 15) is 0 Å². The zero-order valence-electron chi connectivity index (χ0n) is 31.1. The Balaban J connectivity index is 1.38. The Morgan fingerprint density at radius 3 is 1.24 bits per heavy atom. The van der Waals surface area contributed by atoms with E-state index < -0.39 is 0 Å². The Morgan fingerprint density at radius 1 is 0.352 bits per heavy atom. The van der Waals surface area contributed by atoms with Crippen LogP contribution in [-0.4, -0.2) is 0 Å². The highest BCUT2D eigenvalue weighted by atomic mass is 15.2. The summed E-state index contributed by atoms with van der Waals surface area (Å²) in [6.45, 7) is 9.05. The second-order valence-electron chi connectivity index (χ2n) is 15.6. The van der Waals surface area contributed by atoms with Gasteiger partial charge < -0.3 is 14.7 Å². The molecule has 54 heavy (non-hydrogen) atoms. The van der Waals surface area contributed by atoms with Crippen LogP contribution in [0.5, 0.6) is 0 Å². The predicted octanol–water partition coefficient (Wildman–Crippen LogP) is 14.9. The predicted molar refractivity (Wildman–Crippen MR) is 231 cm³/mol. The molecular weight excluding hydrogens is 655 g/mol. The molecule has 0 N–H and O–H groups in total. The molecule has 3 nitrogen and oxygen atoms in total. The van der Waals surface area contributed by atoms with Gasteiger partial charge in [-0.3, -0.25) is 0 Å². The fourth-order valence-corrected chi connectivity index (χ4v) is 8.37. The first kappa shape index (κ1) is 32.1. The van der Waals surface area contributed by atoms with Gasteiger partial charge in [0.15, 0.2) is 0 Å². The van der Waals surface area contributed by atoms with Gasteiger partial charge in [-0.1, -0.05) is 123 Å². The van der Waals surface area contributed by atoms with Gasteiger partial charge >= 0.3 is 0 Å². The molecule has 0 amide bonds. The standard InChI is InChI=1S/C51H41N3/c1-34-21-25-40(26-22-34)52-41-17-11-19-43(31-41)53(38-13-7-5-8-14-38)47-33-48(54(39-15-9-6-10-16-39)44-20-12-18-42(52)32-44)46-28-24-36-30-37(51(2,3)4)29-35-23-27-45(47)50(46)49(35)36/h5-33H,1-4H3. The summed E-state index contributed by atoms with van der Waals surface area (Å²) < 4.78 is 0. The summed E-state index contributed by atoms with van der Waals surface area (Å²) in [5, 5.41) is 7.58. The van der Waals surface area contributed by atoms with E-state index in [1.807, 2.05) is 0 Å². The molecule has 1 aliphatic heterocycles. The maximum absolute atomic E-state index is 2.45. The maximum Gasteiger partial charge on any atom is 0.0561 e. The van der Waals surface area contributed by atoms with Crippen molar-refractivity contribution < 1.29 is 0 Å². The quantitative estimate of drug-likeness (QED) is 0.170. The first-order valence-electron chi connectivity index (χ1n) is 18.9. The number of benzene rings is 9. The van der Waals surface area contributed by atoms with Crippen molar-refractivity contribution in [1.82, 2.24) is 0 Å². The second-order valence-corrected chi connectivity index (χ2v) is 15.6. The molecule has 9 aromatic carbocycles. The summed E-state index contributed by atoms with van der Waals surface area (Å²) >= 11 is 0. The number of hydrogen-bond acceptors (Lipinski definition) is 3. The Morgan fingerprint density at radius 2 is 0.778 bits per heavy atom. The van der Waals surface area contributed by atoms with Crippen molar-refractivity contribution in [3.05, 3.63) is 187 Å². The Bertz CT molecular complexity index is 2660. The summed E-state index contributed by atoms with van der Waals surface area (Å²) in [5.74, 6) is 0. The van der Waals surface area contributed by atoms with Crippen molar-refractivity contribution in [2.45, 2.75) is 33.1 Å². The first-order valence-corrected chi connectivity index (χ1v) is 18.9. The van der Waals surface area contributed by atoms with Gasteiger partial charge in [0.2, 0.25) is 0 Å². The summed E-state index contributed by atoms with van der Waals surface area (Å²) in [6.07, 6.45) is 0. The highest BCUT2D eigenvalue weighted by molar-refractivity contribution is 6.29. The van der Waals surface area contributed by atoms with Crippen LogP contribution in [-0.2, 0) is 5.41 Å². The lowest BCUT2D eigenvalue weighted by Crippen LogP contribution is -2.17. The number of fused-ring (bicyclic) bond motifs is 8. The third-order valence-corrected chi connectivity index (χ3v) is 11.0. The van der Waals surface area contributed by atoms with Gasteiger partial charge in [-0.15, -0.1) is 0 Å². The Hall–Kier alpha value is -6.58. The Kier molecular flexibility index (Phi) is 7.28. The minimum absolute atomic E-state index is 0.0330. The zero-order chi connectivity index (χ0) is 36.6. The molecule has 10 rings (SSSR count). The van der Waals surface area contributed by atoms with E-state index in [-0.39, 0.29) is 5.41 Å². The first-order chi connectivity index (χ1) is 26.3. The lowest BCUT2D eigenvalue weighted by Gasteiger charge is -2.35. The third kappa shape index (κ3) is 5.19. The van der Waals surface area contributed by atoms with Crippen LogP contribution >= 0.6 is 0 Å². The van der Waals surface area contributed by atoms with Crippen molar-refractivity contribution in [2.75, 3.05) is 14.7 Å².